The van der Waals surface area contributed by atoms with Crippen molar-refractivity contribution < 1.29 is 14.3 Å². The first kappa shape index (κ1) is 19.7. The SMILES string of the molecule is O=C(O)c1nn(-c2ccc(Cl)cc2Cl)c2c1CCCC/C2=C\c1ccc(F)cc1. The Morgan fingerprint density at radius 1 is 1.10 bits per heavy atom. The minimum atomic E-state index is -1.08. The van der Waals surface area contributed by atoms with E-state index in [1.165, 1.54) is 12.1 Å². The van der Waals surface area contributed by atoms with Crippen LogP contribution < -0.4 is 0 Å². The number of benzene rings is 2. The molecule has 0 radical (unpaired) electrons. The van der Waals surface area contributed by atoms with E-state index >= 15 is 0 Å². The maximum Gasteiger partial charge on any atom is 0.356 e. The number of hydrogen-bond donors (Lipinski definition) is 1. The zero-order chi connectivity index (χ0) is 20.5. The first-order chi connectivity index (χ1) is 13.9. The van der Waals surface area contributed by atoms with Crippen LogP contribution in [-0.2, 0) is 6.42 Å². The normalized spacial score (nSPS) is 15.2. The van der Waals surface area contributed by atoms with Crippen molar-refractivity contribution in [2.24, 2.45) is 0 Å². The average molecular weight is 431 g/mol. The molecule has 0 fully saturated rings. The van der Waals surface area contributed by atoms with Gasteiger partial charge >= 0.3 is 5.97 Å². The molecule has 0 saturated carbocycles. The van der Waals surface area contributed by atoms with Crippen molar-refractivity contribution in [3.63, 3.8) is 0 Å². The Morgan fingerprint density at radius 3 is 2.52 bits per heavy atom. The van der Waals surface area contributed by atoms with Crippen molar-refractivity contribution in [2.45, 2.75) is 25.7 Å². The average Bonchev–Trinajstić information content (AvgIpc) is 2.93. The first-order valence-electron chi connectivity index (χ1n) is 9.21. The molecule has 1 aromatic heterocycles. The minimum absolute atomic E-state index is 0.0259. The van der Waals surface area contributed by atoms with Crippen LogP contribution in [0.2, 0.25) is 10.0 Å². The summed E-state index contributed by atoms with van der Waals surface area (Å²) in [5.41, 5.74) is 3.78. The van der Waals surface area contributed by atoms with Gasteiger partial charge in [0.2, 0.25) is 0 Å². The molecule has 1 aliphatic carbocycles. The van der Waals surface area contributed by atoms with Gasteiger partial charge in [-0.25, -0.2) is 13.9 Å². The molecule has 148 valence electrons. The van der Waals surface area contributed by atoms with Crippen LogP contribution in [0.15, 0.2) is 42.5 Å². The Bertz CT molecular complexity index is 1120. The summed E-state index contributed by atoms with van der Waals surface area (Å²) in [6, 6.07) is 11.2. The van der Waals surface area contributed by atoms with Crippen LogP contribution in [0.3, 0.4) is 0 Å². The Hall–Kier alpha value is -2.63. The third-order valence-corrected chi connectivity index (χ3v) is 5.50. The Labute approximate surface area is 177 Å². The summed E-state index contributed by atoms with van der Waals surface area (Å²) in [6.07, 6.45) is 5.09. The summed E-state index contributed by atoms with van der Waals surface area (Å²) >= 11 is 12.4. The molecule has 0 atom stereocenters. The number of rotatable bonds is 3. The van der Waals surface area contributed by atoms with Crippen LogP contribution in [0.5, 0.6) is 0 Å². The minimum Gasteiger partial charge on any atom is -0.476 e. The highest BCUT2D eigenvalue weighted by atomic mass is 35.5. The van der Waals surface area contributed by atoms with Crippen LogP contribution >= 0.6 is 23.2 Å². The quantitative estimate of drug-likeness (QED) is 0.497. The lowest BCUT2D eigenvalue weighted by Gasteiger charge is -2.13. The summed E-state index contributed by atoms with van der Waals surface area (Å²) in [7, 11) is 0. The second-order valence-corrected chi connectivity index (χ2v) is 7.76. The van der Waals surface area contributed by atoms with E-state index in [0.717, 1.165) is 36.1 Å². The fourth-order valence-electron chi connectivity index (χ4n) is 3.65. The number of allylic oxidation sites excluding steroid dienone is 1. The van der Waals surface area contributed by atoms with Gasteiger partial charge in [-0.05, 0) is 73.2 Å². The molecule has 0 unspecified atom stereocenters. The van der Waals surface area contributed by atoms with Gasteiger partial charge in [0.1, 0.15) is 5.82 Å². The van der Waals surface area contributed by atoms with Gasteiger partial charge in [0, 0.05) is 10.6 Å². The topological polar surface area (TPSA) is 55.1 Å². The van der Waals surface area contributed by atoms with E-state index in [-0.39, 0.29) is 11.5 Å². The number of aromatic carboxylic acids is 1. The molecular formula is C22H17Cl2FN2O2. The molecule has 0 spiro atoms. The zero-order valence-corrected chi connectivity index (χ0v) is 16.8. The molecule has 2 aromatic carbocycles. The standard InChI is InChI=1S/C22H17Cl2FN2O2/c23-15-7-10-19(18(24)12-15)27-21-14(11-13-5-8-16(25)9-6-13)3-1-2-4-17(21)20(26-27)22(28)29/h5-12H,1-4H2,(H,28,29)/b14-11+. The molecule has 29 heavy (non-hydrogen) atoms. The van der Waals surface area contributed by atoms with Crippen molar-refractivity contribution in [1.29, 1.82) is 0 Å². The van der Waals surface area contributed by atoms with Gasteiger partial charge in [-0.3, -0.25) is 0 Å². The van der Waals surface area contributed by atoms with Crippen LogP contribution in [0.4, 0.5) is 4.39 Å². The molecule has 0 aliphatic heterocycles. The van der Waals surface area contributed by atoms with Gasteiger partial charge in [-0.1, -0.05) is 35.3 Å². The molecule has 3 aromatic rings. The van der Waals surface area contributed by atoms with E-state index in [4.69, 9.17) is 23.2 Å². The van der Waals surface area contributed by atoms with Gasteiger partial charge in [-0.15, -0.1) is 0 Å². The van der Waals surface area contributed by atoms with E-state index in [0.29, 0.717) is 27.7 Å². The van der Waals surface area contributed by atoms with Crippen molar-refractivity contribution in [2.75, 3.05) is 0 Å². The first-order valence-corrected chi connectivity index (χ1v) is 9.97. The molecule has 1 N–H and O–H groups in total. The molecule has 7 heteroatoms. The monoisotopic (exact) mass is 430 g/mol. The molecule has 0 bridgehead atoms. The van der Waals surface area contributed by atoms with E-state index in [9.17, 15) is 14.3 Å². The summed E-state index contributed by atoms with van der Waals surface area (Å²) < 4.78 is 14.9. The lowest BCUT2D eigenvalue weighted by molar-refractivity contribution is 0.0688. The highest BCUT2D eigenvalue weighted by molar-refractivity contribution is 6.35. The van der Waals surface area contributed by atoms with E-state index in [1.807, 2.05) is 6.08 Å². The van der Waals surface area contributed by atoms with Crippen molar-refractivity contribution in [3.05, 3.63) is 80.8 Å². The Morgan fingerprint density at radius 2 is 1.83 bits per heavy atom. The van der Waals surface area contributed by atoms with Gasteiger partial charge in [-0.2, -0.15) is 5.10 Å². The highest BCUT2D eigenvalue weighted by Gasteiger charge is 2.27. The number of halogens is 3. The second-order valence-electron chi connectivity index (χ2n) is 6.92. The zero-order valence-electron chi connectivity index (χ0n) is 15.3. The highest BCUT2D eigenvalue weighted by Crippen LogP contribution is 2.36. The second kappa shape index (κ2) is 8.01. The number of carboxylic acid groups (broad SMARTS) is 1. The van der Waals surface area contributed by atoms with Gasteiger partial charge in [0.15, 0.2) is 5.69 Å². The molecule has 0 amide bonds. The molecule has 4 nitrogen and oxygen atoms in total. The van der Waals surface area contributed by atoms with Crippen molar-refractivity contribution >= 4 is 40.8 Å². The maximum absolute atomic E-state index is 13.3. The fourth-order valence-corrected chi connectivity index (χ4v) is 4.14. The lowest BCUT2D eigenvalue weighted by atomic mass is 10.0. The number of carboxylic acids is 1. The Balaban J connectivity index is 1.96. The van der Waals surface area contributed by atoms with Gasteiger partial charge in [0.05, 0.1) is 16.4 Å². The molecular weight excluding hydrogens is 414 g/mol. The number of aromatic nitrogens is 2. The lowest BCUT2D eigenvalue weighted by Crippen LogP contribution is -2.04. The van der Waals surface area contributed by atoms with Crippen LogP contribution in [-0.4, -0.2) is 20.9 Å². The summed E-state index contributed by atoms with van der Waals surface area (Å²) in [4.78, 5) is 11.9. The van der Waals surface area contributed by atoms with Crippen molar-refractivity contribution in [1.82, 2.24) is 9.78 Å². The third-order valence-electron chi connectivity index (χ3n) is 4.96. The summed E-state index contributed by atoms with van der Waals surface area (Å²) in [6.45, 7) is 0. The predicted molar refractivity (Wildman–Crippen MR) is 112 cm³/mol. The van der Waals surface area contributed by atoms with Crippen molar-refractivity contribution in [3.8, 4) is 5.69 Å². The van der Waals surface area contributed by atoms with Gasteiger partial charge < -0.3 is 5.11 Å². The predicted octanol–water partition coefficient (Wildman–Crippen LogP) is 6.28. The molecule has 0 saturated heterocycles. The molecule has 4 rings (SSSR count). The summed E-state index contributed by atoms with van der Waals surface area (Å²) in [5.74, 6) is -1.38. The number of fused-ring (bicyclic) bond motifs is 1. The van der Waals surface area contributed by atoms with E-state index in [2.05, 4.69) is 5.10 Å². The smallest absolute Gasteiger partial charge is 0.356 e. The number of hydrogen-bond acceptors (Lipinski definition) is 2. The molecule has 1 heterocycles. The molecule has 1 aliphatic rings. The number of nitrogens with zero attached hydrogens (tertiary/aromatic N) is 2. The van der Waals surface area contributed by atoms with Crippen LogP contribution in [0.25, 0.3) is 17.3 Å². The summed E-state index contributed by atoms with van der Waals surface area (Å²) in [5, 5.41) is 15.0. The maximum atomic E-state index is 13.3. The number of carbonyl (C=O) groups is 1. The fraction of sp³-hybridized carbons (Fsp3) is 0.182. The van der Waals surface area contributed by atoms with Crippen LogP contribution in [0, 0.1) is 5.82 Å². The third kappa shape index (κ3) is 3.93. The van der Waals surface area contributed by atoms with E-state index < -0.39 is 5.97 Å². The van der Waals surface area contributed by atoms with Crippen LogP contribution in [0.1, 0.15) is 46.6 Å². The van der Waals surface area contributed by atoms with E-state index in [1.54, 1.807) is 35.0 Å². The Kier molecular flexibility index (Phi) is 5.43. The van der Waals surface area contributed by atoms with Gasteiger partial charge in [0.25, 0.3) is 0 Å². The largest absolute Gasteiger partial charge is 0.476 e.